The molecule has 0 atom stereocenters. The lowest BCUT2D eigenvalue weighted by Crippen LogP contribution is -1.98. The number of benzene rings is 1. The summed E-state index contributed by atoms with van der Waals surface area (Å²) in [6.07, 6.45) is 9.44. The zero-order valence-electron chi connectivity index (χ0n) is 10.0. The summed E-state index contributed by atoms with van der Waals surface area (Å²) in [4.78, 5) is 4.07. The molecule has 0 spiro atoms. The maximum atomic E-state index is 5.38. The van der Waals surface area contributed by atoms with Crippen LogP contribution in [0.2, 0.25) is 0 Å². The first-order valence-corrected chi connectivity index (χ1v) is 5.68. The Morgan fingerprint density at radius 1 is 1.06 bits per heavy atom. The highest BCUT2D eigenvalue weighted by Gasteiger charge is 2.06. The van der Waals surface area contributed by atoms with E-state index in [1.54, 1.807) is 19.6 Å². The summed E-state index contributed by atoms with van der Waals surface area (Å²) in [7, 11) is 1.67. The number of ether oxygens (including phenoxy) is 1. The summed E-state index contributed by atoms with van der Waals surface area (Å²) in [6.45, 7) is 0. The molecule has 0 aliphatic rings. The third-order valence-electron chi connectivity index (χ3n) is 2.85. The highest BCUT2D eigenvalue weighted by Crippen LogP contribution is 2.25. The highest BCUT2D eigenvalue weighted by atomic mass is 16.5. The van der Waals surface area contributed by atoms with Crippen LogP contribution in [0.3, 0.4) is 0 Å². The van der Waals surface area contributed by atoms with Crippen molar-refractivity contribution in [2.45, 2.75) is 0 Å². The lowest BCUT2D eigenvalue weighted by atomic mass is 10.2. The van der Waals surface area contributed by atoms with Gasteiger partial charge in [0.15, 0.2) is 0 Å². The first kappa shape index (κ1) is 10.7. The van der Waals surface area contributed by atoms with Gasteiger partial charge < -0.3 is 13.9 Å². The predicted octanol–water partition coefficient (Wildman–Crippen LogP) is 2.67. The summed E-state index contributed by atoms with van der Waals surface area (Å²) in [5.74, 6) is 0.823. The second-order valence-electron chi connectivity index (χ2n) is 3.92. The van der Waals surface area contributed by atoms with Crippen LogP contribution in [0.25, 0.3) is 11.4 Å². The van der Waals surface area contributed by atoms with E-state index in [0.717, 1.165) is 17.1 Å². The molecule has 4 nitrogen and oxygen atoms in total. The fourth-order valence-corrected chi connectivity index (χ4v) is 1.95. The summed E-state index contributed by atoms with van der Waals surface area (Å²) in [5, 5.41) is 0. The lowest BCUT2D eigenvalue weighted by molar-refractivity contribution is 0.413. The van der Waals surface area contributed by atoms with Gasteiger partial charge in [0.1, 0.15) is 5.75 Å². The van der Waals surface area contributed by atoms with E-state index in [2.05, 4.69) is 15.6 Å². The molecule has 0 saturated heterocycles. The van der Waals surface area contributed by atoms with E-state index < -0.39 is 0 Å². The van der Waals surface area contributed by atoms with Gasteiger partial charge in [0.05, 0.1) is 19.1 Å². The standard InChI is InChI=1S/C14H13N3O/c1-18-14-5-4-12(16-7-2-3-8-16)10-13(14)17-9-6-15-11-17/h2-11H,1H3. The lowest BCUT2D eigenvalue weighted by Gasteiger charge is -2.11. The predicted molar refractivity (Wildman–Crippen MR) is 69.4 cm³/mol. The van der Waals surface area contributed by atoms with Crippen LogP contribution in [0.4, 0.5) is 0 Å². The molecule has 0 N–H and O–H groups in total. The van der Waals surface area contributed by atoms with Gasteiger partial charge in [0, 0.05) is 30.5 Å². The van der Waals surface area contributed by atoms with Crippen molar-refractivity contribution in [2.24, 2.45) is 0 Å². The van der Waals surface area contributed by atoms with E-state index in [1.807, 2.05) is 47.4 Å². The van der Waals surface area contributed by atoms with Crippen molar-refractivity contribution in [3.8, 4) is 17.1 Å². The summed E-state index contributed by atoms with van der Waals surface area (Å²) in [6, 6.07) is 10.1. The van der Waals surface area contributed by atoms with Crippen molar-refractivity contribution in [3.63, 3.8) is 0 Å². The average molecular weight is 239 g/mol. The molecular weight excluding hydrogens is 226 g/mol. The molecule has 3 rings (SSSR count). The monoisotopic (exact) mass is 239 g/mol. The second kappa shape index (κ2) is 4.41. The van der Waals surface area contributed by atoms with Crippen molar-refractivity contribution in [3.05, 3.63) is 61.4 Å². The van der Waals surface area contributed by atoms with E-state index in [1.165, 1.54) is 0 Å². The fraction of sp³-hybridized carbons (Fsp3) is 0.0714. The van der Waals surface area contributed by atoms with Crippen molar-refractivity contribution < 1.29 is 4.74 Å². The SMILES string of the molecule is COc1ccc(-n2cccc2)cc1-n1ccnc1. The number of imidazole rings is 1. The van der Waals surface area contributed by atoms with Crippen LogP contribution < -0.4 is 4.74 Å². The van der Waals surface area contributed by atoms with Crippen molar-refractivity contribution in [1.29, 1.82) is 0 Å². The molecule has 4 heteroatoms. The summed E-state index contributed by atoms with van der Waals surface area (Å²) in [5.41, 5.74) is 2.06. The molecule has 0 aliphatic heterocycles. The molecule has 0 radical (unpaired) electrons. The molecule has 90 valence electrons. The number of hydrogen-bond donors (Lipinski definition) is 0. The van der Waals surface area contributed by atoms with Crippen LogP contribution in [0.5, 0.6) is 5.75 Å². The summed E-state index contributed by atoms with van der Waals surface area (Å²) >= 11 is 0. The molecule has 0 bridgehead atoms. The van der Waals surface area contributed by atoms with Crippen molar-refractivity contribution >= 4 is 0 Å². The van der Waals surface area contributed by atoms with Crippen LogP contribution in [0.1, 0.15) is 0 Å². The Bertz CT molecular complexity index is 627. The Kier molecular flexibility index (Phi) is 2.61. The van der Waals surface area contributed by atoms with Crippen LogP contribution in [-0.4, -0.2) is 21.2 Å². The van der Waals surface area contributed by atoms with E-state index in [0.29, 0.717) is 0 Å². The molecule has 2 aromatic heterocycles. The Balaban J connectivity index is 2.14. The van der Waals surface area contributed by atoms with Gasteiger partial charge in [-0.25, -0.2) is 4.98 Å². The van der Waals surface area contributed by atoms with Gasteiger partial charge in [-0.05, 0) is 30.3 Å². The largest absolute Gasteiger partial charge is 0.495 e. The van der Waals surface area contributed by atoms with Crippen LogP contribution in [-0.2, 0) is 0 Å². The zero-order chi connectivity index (χ0) is 12.4. The normalized spacial score (nSPS) is 10.5. The minimum Gasteiger partial charge on any atom is -0.495 e. The van der Waals surface area contributed by atoms with E-state index in [4.69, 9.17) is 4.74 Å². The average Bonchev–Trinajstić information content (AvgIpc) is 3.11. The van der Waals surface area contributed by atoms with Gasteiger partial charge in [-0.2, -0.15) is 0 Å². The third-order valence-corrected chi connectivity index (χ3v) is 2.85. The minimum atomic E-state index is 0.823. The number of rotatable bonds is 3. The smallest absolute Gasteiger partial charge is 0.143 e. The Morgan fingerprint density at radius 3 is 2.56 bits per heavy atom. The highest BCUT2D eigenvalue weighted by molar-refractivity contribution is 5.53. The molecule has 0 unspecified atom stereocenters. The van der Waals surface area contributed by atoms with Crippen molar-refractivity contribution in [2.75, 3.05) is 7.11 Å². The summed E-state index contributed by atoms with van der Waals surface area (Å²) < 4.78 is 9.38. The number of aromatic nitrogens is 3. The number of methoxy groups -OCH3 is 1. The Labute approximate surface area is 105 Å². The van der Waals surface area contributed by atoms with Gasteiger partial charge in [0.2, 0.25) is 0 Å². The van der Waals surface area contributed by atoms with E-state index >= 15 is 0 Å². The topological polar surface area (TPSA) is 32.0 Å². The molecule has 3 aromatic rings. The van der Waals surface area contributed by atoms with Gasteiger partial charge in [-0.3, -0.25) is 0 Å². The number of hydrogen-bond acceptors (Lipinski definition) is 2. The van der Waals surface area contributed by atoms with E-state index in [-0.39, 0.29) is 0 Å². The van der Waals surface area contributed by atoms with Gasteiger partial charge in [0.25, 0.3) is 0 Å². The van der Waals surface area contributed by atoms with Gasteiger partial charge >= 0.3 is 0 Å². The molecular formula is C14H13N3O. The maximum absolute atomic E-state index is 5.38. The Morgan fingerprint density at radius 2 is 1.89 bits per heavy atom. The van der Waals surface area contributed by atoms with Gasteiger partial charge in [-0.1, -0.05) is 0 Å². The molecule has 0 aliphatic carbocycles. The number of nitrogens with zero attached hydrogens (tertiary/aromatic N) is 3. The quantitative estimate of drug-likeness (QED) is 0.703. The second-order valence-corrected chi connectivity index (χ2v) is 3.92. The van der Waals surface area contributed by atoms with Crippen LogP contribution in [0, 0.1) is 0 Å². The molecule has 0 fully saturated rings. The molecule has 0 amide bonds. The maximum Gasteiger partial charge on any atom is 0.143 e. The van der Waals surface area contributed by atoms with E-state index in [9.17, 15) is 0 Å². The first-order valence-electron chi connectivity index (χ1n) is 5.68. The fourth-order valence-electron chi connectivity index (χ4n) is 1.95. The molecule has 0 saturated carbocycles. The minimum absolute atomic E-state index is 0.823. The van der Waals surface area contributed by atoms with Gasteiger partial charge in [-0.15, -0.1) is 0 Å². The van der Waals surface area contributed by atoms with Crippen molar-refractivity contribution in [1.82, 2.24) is 14.1 Å². The van der Waals surface area contributed by atoms with Crippen LogP contribution in [0.15, 0.2) is 61.4 Å². The molecule has 18 heavy (non-hydrogen) atoms. The Hall–Kier alpha value is -2.49. The molecule has 2 heterocycles. The third kappa shape index (κ3) is 1.78. The zero-order valence-corrected chi connectivity index (χ0v) is 10.0. The first-order chi connectivity index (χ1) is 8.88. The van der Waals surface area contributed by atoms with Crippen LogP contribution >= 0.6 is 0 Å². The molecule has 1 aromatic carbocycles.